The zero-order valence-corrected chi connectivity index (χ0v) is 8.97. The summed E-state index contributed by atoms with van der Waals surface area (Å²) in [6.07, 6.45) is 1.38. The van der Waals surface area contributed by atoms with Crippen LogP contribution in [-0.4, -0.2) is 51.2 Å². The molecule has 2 aliphatic rings. The Kier molecular flexibility index (Phi) is 5.35. The lowest BCUT2D eigenvalue weighted by atomic mass is 10.2. The van der Waals surface area contributed by atoms with E-state index in [1.54, 1.807) is 0 Å². The van der Waals surface area contributed by atoms with Crippen molar-refractivity contribution < 1.29 is 0 Å². The standard InChI is InChI=1S/C5H12N2.C5H11N/c1-7-4-2-6-3-5-7;1-5-2-3-6-4-5/h6H,2-5H2,1H3;5-6H,2-4H2,1H3. The highest BCUT2D eigenvalue weighted by Gasteiger charge is 2.06. The number of hydrogen-bond acceptors (Lipinski definition) is 3. The summed E-state index contributed by atoms with van der Waals surface area (Å²) in [6, 6.07) is 0. The van der Waals surface area contributed by atoms with Gasteiger partial charge in [0.25, 0.3) is 0 Å². The van der Waals surface area contributed by atoms with Gasteiger partial charge in [-0.2, -0.15) is 0 Å². The molecular weight excluding hydrogens is 162 g/mol. The molecule has 2 N–H and O–H groups in total. The van der Waals surface area contributed by atoms with Gasteiger partial charge in [0.1, 0.15) is 0 Å². The fourth-order valence-corrected chi connectivity index (χ4v) is 1.58. The molecule has 2 rings (SSSR count). The van der Waals surface area contributed by atoms with Crippen molar-refractivity contribution >= 4 is 0 Å². The van der Waals surface area contributed by atoms with Gasteiger partial charge < -0.3 is 15.5 Å². The van der Waals surface area contributed by atoms with Crippen molar-refractivity contribution in [3.63, 3.8) is 0 Å². The summed E-state index contributed by atoms with van der Waals surface area (Å²) in [5.41, 5.74) is 0. The normalized spacial score (nSPS) is 29.5. The van der Waals surface area contributed by atoms with E-state index in [1.165, 1.54) is 32.6 Å². The Morgan fingerprint density at radius 1 is 1.08 bits per heavy atom. The molecule has 0 amide bonds. The summed E-state index contributed by atoms with van der Waals surface area (Å²) in [6.45, 7) is 9.49. The van der Waals surface area contributed by atoms with Crippen LogP contribution in [0, 0.1) is 5.92 Å². The highest BCUT2D eigenvalue weighted by Crippen LogP contribution is 2.03. The first-order chi connectivity index (χ1) is 6.29. The van der Waals surface area contributed by atoms with Gasteiger partial charge in [-0.15, -0.1) is 0 Å². The average Bonchev–Trinajstić information content (AvgIpc) is 2.58. The molecule has 78 valence electrons. The smallest absolute Gasteiger partial charge is 0.0104 e. The molecule has 2 saturated heterocycles. The SMILES string of the molecule is CC1CCNC1.CN1CCNCC1. The van der Waals surface area contributed by atoms with Crippen LogP contribution in [0.4, 0.5) is 0 Å². The Hall–Kier alpha value is -0.120. The molecule has 0 aliphatic carbocycles. The van der Waals surface area contributed by atoms with Crippen LogP contribution in [0.3, 0.4) is 0 Å². The third-order valence-electron chi connectivity index (χ3n) is 2.65. The highest BCUT2D eigenvalue weighted by molar-refractivity contribution is 4.65. The topological polar surface area (TPSA) is 27.3 Å². The number of hydrogen-bond donors (Lipinski definition) is 2. The summed E-state index contributed by atoms with van der Waals surface area (Å²) >= 11 is 0. The van der Waals surface area contributed by atoms with Crippen molar-refractivity contribution in [1.29, 1.82) is 0 Å². The van der Waals surface area contributed by atoms with E-state index < -0.39 is 0 Å². The van der Waals surface area contributed by atoms with E-state index in [0.717, 1.165) is 19.0 Å². The van der Waals surface area contributed by atoms with Crippen LogP contribution >= 0.6 is 0 Å². The van der Waals surface area contributed by atoms with Crippen molar-refractivity contribution in [3.8, 4) is 0 Å². The largest absolute Gasteiger partial charge is 0.316 e. The Morgan fingerprint density at radius 3 is 2.00 bits per heavy atom. The minimum Gasteiger partial charge on any atom is -0.316 e. The second-order valence-corrected chi connectivity index (χ2v) is 4.15. The van der Waals surface area contributed by atoms with E-state index in [2.05, 4.69) is 29.5 Å². The van der Waals surface area contributed by atoms with Gasteiger partial charge in [0.2, 0.25) is 0 Å². The molecule has 0 saturated carbocycles. The van der Waals surface area contributed by atoms with Crippen LogP contribution in [0.2, 0.25) is 0 Å². The van der Waals surface area contributed by atoms with Crippen LogP contribution in [-0.2, 0) is 0 Å². The van der Waals surface area contributed by atoms with Gasteiger partial charge in [-0.05, 0) is 32.5 Å². The van der Waals surface area contributed by atoms with E-state index in [4.69, 9.17) is 0 Å². The predicted molar refractivity (Wildman–Crippen MR) is 57.0 cm³/mol. The van der Waals surface area contributed by atoms with Gasteiger partial charge in [-0.25, -0.2) is 0 Å². The molecule has 0 radical (unpaired) electrons. The predicted octanol–water partition coefficient (Wildman–Crippen LogP) is 0.137. The van der Waals surface area contributed by atoms with Crippen molar-refractivity contribution in [3.05, 3.63) is 0 Å². The Labute approximate surface area is 81.9 Å². The second-order valence-electron chi connectivity index (χ2n) is 4.15. The average molecular weight is 185 g/mol. The van der Waals surface area contributed by atoms with Crippen molar-refractivity contribution in [1.82, 2.24) is 15.5 Å². The molecule has 3 nitrogen and oxygen atoms in total. The van der Waals surface area contributed by atoms with Gasteiger partial charge in [0.05, 0.1) is 0 Å². The molecule has 2 heterocycles. The quantitative estimate of drug-likeness (QED) is 0.562. The Bertz CT molecular complexity index is 115. The van der Waals surface area contributed by atoms with E-state index in [-0.39, 0.29) is 0 Å². The molecule has 1 atom stereocenters. The Morgan fingerprint density at radius 2 is 1.77 bits per heavy atom. The van der Waals surface area contributed by atoms with Crippen LogP contribution in [0.5, 0.6) is 0 Å². The third kappa shape index (κ3) is 5.24. The lowest BCUT2D eigenvalue weighted by molar-refractivity contribution is 0.291. The van der Waals surface area contributed by atoms with Gasteiger partial charge in [0.15, 0.2) is 0 Å². The number of nitrogens with zero attached hydrogens (tertiary/aromatic N) is 1. The maximum Gasteiger partial charge on any atom is 0.0104 e. The van der Waals surface area contributed by atoms with E-state index in [9.17, 15) is 0 Å². The third-order valence-corrected chi connectivity index (χ3v) is 2.65. The summed E-state index contributed by atoms with van der Waals surface area (Å²) in [4.78, 5) is 2.33. The first-order valence-corrected chi connectivity index (χ1v) is 5.39. The van der Waals surface area contributed by atoms with Crippen molar-refractivity contribution in [2.75, 3.05) is 46.3 Å². The molecule has 2 aliphatic heterocycles. The van der Waals surface area contributed by atoms with E-state index >= 15 is 0 Å². The maximum atomic E-state index is 3.27. The molecule has 0 aromatic carbocycles. The molecule has 0 aromatic rings. The zero-order chi connectivity index (χ0) is 9.52. The first-order valence-electron chi connectivity index (χ1n) is 5.39. The fourth-order valence-electron chi connectivity index (χ4n) is 1.58. The summed E-state index contributed by atoms with van der Waals surface area (Å²) in [5, 5.41) is 6.55. The van der Waals surface area contributed by atoms with Crippen LogP contribution in [0.15, 0.2) is 0 Å². The highest BCUT2D eigenvalue weighted by atomic mass is 15.2. The zero-order valence-electron chi connectivity index (χ0n) is 8.97. The lowest BCUT2D eigenvalue weighted by Gasteiger charge is -2.21. The van der Waals surface area contributed by atoms with Gasteiger partial charge in [-0.1, -0.05) is 6.92 Å². The van der Waals surface area contributed by atoms with Crippen LogP contribution < -0.4 is 10.6 Å². The van der Waals surface area contributed by atoms with Crippen LogP contribution in [0.1, 0.15) is 13.3 Å². The molecule has 0 aromatic heterocycles. The van der Waals surface area contributed by atoms with E-state index in [1.807, 2.05) is 0 Å². The summed E-state index contributed by atoms with van der Waals surface area (Å²) in [7, 11) is 2.15. The number of nitrogens with one attached hydrogen (secondary N) is 2. The molecule has 1 unspecified atom stereocenters. The number of likely N-dealkylation sites (N-methyl/N-ethyl adjacent to an activating group) is 1. The lowest BCUT2D eigenvalue weighted by Crippen LogP contribution is -2.40. The molecule has 0 spiro atoms. The van der Waals surface area contributed by atoms with E-state index in [0.29, 0.717) is 0 Å². The maximum absolute atomic E-state index is 3.27. The minimum atomic E-state index is 0.935. The van der Waals surface area contributed by atoms with Crippen molar-refractivity contribution in [2.45, 2.75) is 13.3 Å². The van der Waals surface area contributed by atoms with Crippen LogP contribution in [0.25, 0.3) is 0 Å². The molecule has 13 heavy (non-hydrogen) atoms. The molecular formula is C10H23N3. The minimum absolute atomic E-state index is 0.935. The van der Waals surface area contributed by atoms with Gasteiger partial charge in [-0.3, -0.25) is 0 Å². The monoisotopic (exact) mass is 185 g/mol. The number of piperazine rings is 1. The molecule has 0 bridgehead atoms. The van der Waals surface area contributed by atoms with Gasteiger partial charge in [0, 0.05) is 26.2 Å². The molecule has 2 fully saturated rings. The first kappa shape index (κ1) is 11.0. The van der Waals surface area contributed by atoms with Gasteiger partial charge >= 0.3 is 0 Å². The number of rotatable bonds is 0. The summed E-state index contributed by atoms with van der Waals surface area (Å²) in [5.74, 6) is 0.935. The van der Waals surface area contributed by atoms with Crippen molar-refractivity contribution in [2.24, 2.45) is 5.92 Å². The Balaban J connectivity index is 0.000000132. The fraction of sp³-hybridized carbons (Fsp3) is 1.00. The summed E-state index contributed by atoms with van der Waals surface area (Å²) < 4.78 is 0. The second kappa shape index (κ2) is 6.35. The molecule has 3 heteroatoms.